The van der Waals surface area contributed by atoms with Crippen molar-refractivity contribution in [2.75, 3.05) is 16.0 Å². The van der Waals surface area contributed by atoms with E-state index in [0.717, 1.165) is 5.69 Å². The van der Waals surface area contributed by atoms with E-state index in [1.54, 1.807) is 19.1 Å². The minimum Gasteiger partial charge on any atom is -0.374 e. The molecule has 2 aromatic rings. The van der Waals surface area contributed by atoms with Crippen LogP contribution in [0.15, 0.2) is 54.6 Å². The van der Waals surface area contributed by atoms with Crippen LogP contribution in [0, 0.1) is 0 Å². The van der Waals surface area contributed by atoms with Crippen LogP contribution in [0.2, 0.25) is 0 Å². The summed E-state index contributed by atoms with van der Waals surface area (Å²) in [6.45, 7) is 7.61. The Labute approximate surface area is 154 Å². The second kappa shape index (κ2) is 8.38. The molecule has 0 saturated heterocycles. The number of amides is 3. The van der Waals surface area contributed by atoms with Crippen molar-refractivity contribution in [3.8, 4) is 0 Å². The van der Waals surface area contributed by atoms with E-state index in [1.165, 1.54) is 0 Å². The molecule has 6 heteroatoms. The SMILES string of the molecule is C[C@@H](Nc1cccc(NC(=O)Nc2ccccc2)c1)C(=O)NC(C)(C)C. The zero-order valence-corrected chi connectivity index (χ0v) is 15.6. The third kappa shape index (κ3) is 6.47. The third-order valence-electron chi connectivity index (χ3n) is 3.43. The lowest BCUT2D eigenvalue weighted by Gasteiger charge is -2.24. The summed E-state index contributed by atoms with van der Waals surface area (Å²) in [4.78, 5) is 24.2. The maximum absolute atomic E-state index is 12.2. The molecule has 0 spiro atoms. The molecule has 1 atom stereocenters. The first kappa shape index (κ1) is 19.3. The Kier molecular flexibility index (Phi) is 6.22. The van der Waals surface area contributed by atoms with Gasteiger partial charge in [0, 0.05) is 22.6 Å². The normalized spacial score (nSPS) is 12.0. The Balaban J connectivity index is 1.95. The highest BCUT2D eigenvalue weighted by molar-refractivity contribution is 6.00. The summed E-state index contributed by atoms with van der Waals surface area (Å²) >= 11 is 0. The fourth-order valence-corrected chi connectivity index (χ4v) is 2.30. The van der Waals surface area contributed by atoms with Crippen LogP contribution in [-0.2, 0) is 4.79 Å². The van der Waals surface area contributed by atoms with Crippen molar-refractivity contribution < 1.29 is 9.59 Å². The maximum Gasteiger partial charge on any atom is 0.323 e. The number of para-hydroxylation sites is 1. The second-order valence-electron chi connectivity index (χ2n) is 7.13. The zero-order chi connectivity index (χ0) is 19.2. The molecule has 138 valence electrons. The fraction of sp³-hybridized carbons (Fsp3) is 0.300. The van der Waals surface area contributed by atoms with Crippen molar-refractivity contribution in [2.45, 2.75) is 39.3 Å². The molecule has 0 fully saturated rings. The van der Waals surface area contributed by atoms with Crippen molar-refractivity contribution in [2.24, 2.45) is 0 Å². The first-order valence-corrected chi connectivity index (χ1v) is 8.54. The zero-order valence-electron chi connectivity index (χ0n) is 15.6. The molecule has 2 aromatic carbocycles. The minimum atomic E-state index is -0.400. The lowest BCUT2D eigenvalue weighted by atomic mass is 10.1. The van der Waals surface area contributed by atoms with Crippen molar-refractivity contribution in [3.63, 3.8) is 0 Å². The Bertz CT molecular complexity index is 754. The third-order valence-corrected chi connectivity index (χ3v) is 3.43. The fourth-order valence-electron chi connectivity index (χ4n) is 2.30. The molecule has 26 heavy (non-hydrogen) atoms. The highest BCUT2D eigenvalue weighted by Crippen LogP contribution is 2.17. The summed E-state index contributed by atoms with van der Waals surface area (Å²) in [6, 6.07) is 15.7. The van der Waals surface area contributed by atoms with E-state index in [-0.39, 0.29) is 17.5 Å². The molecular formula is C20H26N4O2. The summed E-state index contributed by atoms with van der Waals surface area (Å²) in [5, 5.41) is 11.6. The van der Waals surface area contributed by atoms with Gasteiger partial charge in [0.25, 0.3) is 0 Å². The Hall–Kier alpha value is -3.02. The van der Waals surface area contributed by atoms with Crippen LogP contribution < -0.4 is 21.3 Å². The lowest BCUT2D eigenvalue weighted by molar-refractivity contribution is -0.122. The molecule has 0 aliphatic carbocycles. The minimum absolute atomic E-state index is 0.0855. The number of rotatable bonds is 5. The number of hydrogen-bond acceptors (Lipinski definition) is 3. The predicted octanol–water partition coefficient (Wildman–Crippen LogP) is 4.05. The van der Waals surface area contributed by atoms with E-state index in [9.17, 15) is 9.59 Å². The van der Waals surface area contributed by atoms with Gasteiger partial charge in [-0.1, -0.05) is 24.3 Å². The molecule has 2 rings (SSSR count). The summed E-state index contributed by atoms with van der Waals surface area (Å²) in [7, 11) is 0. The van der Waals surface area contributed by atoms with Gasteiger partial charge in [0.05, 0.1) is 0 Å². The largest absolute Gasteiger partial charge is 0.374 e. The van der Waals surface area contributed by atoms with E-state index in [1.807, 2.05) is 63.2 Å². The topological polar surface area (TPSA) is 82.3 Å². The van der Waals surface area contributed by atoms with Gasteiger partial charge in [-0.15, -0.1) is 0 Å². The standard InChI is InChI=1S/C20H26N4O2/c1-14(18(25)24-20(2,3)4)21-16-11-8-12-17(13-16)23-19(26)22-15-9-6-5-7-10-15/h5-14,21H,1-4H3,(H,24,25)(H2,22,23,26)/t14-/m1/s1. The van der Waals surface area contributed by atoms with Crippen molar-refractivity contribution in [3.05, 3.63) is 54.6 Å². The van der Waals surface area contributed by atoms with E-state index in [4.69, 9.17) is 0 Å². The van der Waals surface area contributed by atoms with E-state index < -0.39 is 6.04 Å². The van der Waals surface area contributed by atoms with Gasteiger partial charge in [-0.3, -0.25) is 4.79 Å². The average molecular weight is 354 g/mol. The Morgan fingerprint density at radius 3 is 2.08 bits per heavy atom. The summed E-state index contributed by atoms with van der Waals surface area (Å²) in [6.07, 6.45) is 0. The maximum atomic E-state index is 12.2. The second-order valence-corrected chi connectivity index (χ2v) is 7.13. The molecule has 0 bridgehead atoms. The Morgan fingerprint density at radius 1 is 0.846 bits per heavy atom. The van der Waals surface area contributed by atoms with Crippen LogP contribution in [0.3, 0.4) is 0 Å². The number of benzene rings is 2. The van der Waals surface area contributed by atoms with Gasteiger partial charge < -0.3 is 21.3 Å². The molecule has 6 nitrogen and oxygen atoms in total. The molecule has 0 unspecified atom stereocenters. The molecule has 0 saturated carbocycles. The van der Waals surface area contributed by atoms with Gasteiger partial charge in [-0.05, 0) is 58.0 Å². The summed E-state index contributed by atoms with van der Waals surface area (Å²) in [5.41, 5.74) is 1.81. The molecule has 0 radical (unpaired) electrons. The van der Waals surface area contributed by atoms with E-state index >= 15 is 0 Å². The first-order chi connectivity index (χ1) is 12.2. The van der Waals surface area contributed by atoms with Gasteiger partial charge in [0.15, 0.2) is 0 Å². The van der Waals surface area contributed by atoms with Crippen molar-refractivity contribution in [1.82, 2.24) is 5.32 Å². The number of urea groups is 1. The van der Waals surface area contributed by atoms with Crippen molar-refractivity contribution in [1.29, 1.82) is 0 Å². The number of nitrogens with one attached hydrogen (secondary N) is 4. The average Bonchev–Trinajstić information content (AvgIpc) is 2.54. The van der Waals surface area contributed by atoms with Gasteiger partial charge in [0.2, 0.25) is 5.91 Å². The first-order valence-electron chi connectivity index (χ1n) is 8.54. The number of carbonyl (C=O) groups is 2. The van der Waals surface area contributed by atoms with Gasteiger partial charge in [-0.25, -0.2) is 4.79 Å². The van der Waals surface area contributed by atoms with E-state index in [2.05, 4.69) is 21.3 Å². The van der Waals surface area contributed by atoms with Crippen LogP contribution >= 0.6 is 0 Å². The molecule has 0 aliphatic rings. The smallest absolute Gasteiger partial charge is 0.323 e. The predicted molar refractivity (Wildman–Crippen MR) is 107 cm³/mol. The van der Waals surface area contributed by atoms with Gasteiger partial charge in [-0.2, -0.15) is 0 Å². The molecular weight excluding hydrogens is 328 g/mol. The quantitative estimate of drug-likeness (QED) is 0.654. The summed E-state index contributed by atoms with van der Waals surface area (Å²) < 4.78 is 0. The molecule has 0 heterocycles. The monoisotopic (exact) mass is 354 g/mol. The van der Waals surface area contributed by atoms with Gasteiger partial charge in [0.1, 0.15) is 6.04 Å². The van der Waals surface area contributed by atoms with Crippen LogP contribution in [0.4, 0.5) is 21.9 Å². The van der Waals surface area contributed by atoms with Crippen LogP contribution in [-0.4, -0.2) is 23.5 Å². The lowest BCUT2D eigenvalue weighted by Crippen LogP contribution is -2.47. The van der Waals surface area contributed by atoms with E-state index in [0.29, 0.717) is 11.4 Å². The summed E-state index contributed by atoms with van der Waals surface area (Å²) in [5.74, 6) is -0.0855. The molecule has 4 N–H and O–H groups in total. The number of carbonyl (C=O) groups excluding carboxylic acids is 2. The molecule has 0 aliphatic heterocycles. The highest BCUT2D eigenvalue weighted by Gasteiger charge is 2.19. The molecule has 3 amide bonds. The van der Waals surface area contributed by atoms with Crippen LogP contribution in [0.25, 0.3) is 0 Å². The van der Waals surface area contributed by atoms with Crippen LogP contribution in [0.1, 0.15) is 27.7 Å². The molecule has 0 aromatic heterocycles. The van der Waals surface area contributed by atoms with Crippen molar-refractivity contribution >= 4 is 29.0 Å². The number of hydrogen-bond donors (Lipinski definition) is 4. The van der Waals surface area contributed by atoms with Crippen LogP contribution in [0.5, 0.6) is 0 Å². The Morgan fingerprint density at radius 2 is 1.42 bits per heavy atom. The van der Waals surface area contributed by atoms with Gasteiger partial charge >= 0.3 is 6.03 Å². The number of anilines is 3. The highest BCUT2D eigenvalue weighted by atomic mass is 16.2.